The number of nitrogens with zero attached hydrogens (tertiary/aromatic N) is 4. The highest BCUT2D eigenvalue weighted by atomic mass is 32.1. The van der Waals surface area contributed by atoms with Crippen molar-refractivity contribution in [2.24, 2.45) is 4.99 Å². The van der Waals surface area contributed by atoms with Crippen LogP contribution in [0.5, 0.6) is 0 Å². The Labute approximate surface area is 180 Å². The normalized spacial score (nSPS) is 14.4. The van der Waals surface area contributed by atoms with Gasteiger partial charge in [0.05, 0.1) is 19.4 Å². The third-order valence-electron chi connectivity index (χ3n) is 4.57. The monoisotopic (exact) mass is 422 g/mol. The minimum absolute atomic E-state index is 0.233. The van der Waals surface area contributed by atoms with E-state index in [9.17, 15) is 0 Å². The van der Waals surface area contributed by atoms with E-state index in [1.165, 1.54) is 5.69 Å². The highest BCUT2D eigenvalue weighted by Gasteiger charge is 2.12. The second-order valence-electron chi connectivity index (χ2n) is 7.27. The second kappa shape index (κ2) is 9.69. The van der Waals surface area contributed by atoms with Crippen LogP contribution in [0.1, 0.15) is 18.7 Å². The summed E-state index contributed by atoms with van der Waals surface area (Å²) in [6.45, 7) is 7.56. The Balaban J connectivity index is 1.49. The molecule has 4 rings (SSSR count). The summed E-state index contributed by atoms with van der Waals surface area (Å²) < 4.78 is 5.42. The van der Waals surface area contributed by atoms with Crippen LogP contribution in [0.25, 0.3) is 0 Å². The zero-order chi connectivity index (χ0) is 20.8. The number of anilines is 4. The number of nitrogens with one attached hydrogen (secondary N) is 2. The maximum atomic E-state index is 5.42. The van der Waals surface area contributed by atoms with Gasteiger partial charge < -0.3 is 20.3 Å². The summed E-state index contributed by atoms with van der Waals surface area (Å²) in [5, 5.41) is 8.68. The van der Waals surface area contributed by atoms with Crippen LogP contribution < -0.4 is 15.5 Å². The van der Waals surface area contributed by atoms with Gasteiger partial charge in [0.1, 0.15) is 5.69 Å². The standard InChI is InChI=1S/C22H26N6OS/c1-16(2)25-21-20(23-14-19-4-3-13-30-19)15-24-22(27-21)26-17-5-7-18(8-6-17)28-9-11-29-12-10-28/h3-8,13-16H,9-12H2,1-2H3,(H2,24,25,26,27). The van der Waals surface area contributed by atoms with Gasteiger partial charge >= 0.3 is 0 Å². The number of aromatic nitrogens is 2. The summed E-state index contributed by atoms with van der Waals surface area (Å²) in [4.78, 5) is 17.1. The first-order valence-electron chi connectivity index (χ1n) is 10.1. The van der Waals surface area contributed by atoms with Gasteiger partial charge in [0.15, 0.2) is 5.82 Å². The van der Waals surface area contributed by atoms with Crippen LogP contribution in [0.3, 0.4) is 0 Å². The van der Waals surface area contributed by atoms with Crippen molar-refractivity contribution < 1.29 is 4.74 Å². The second-order valence-corrected chi connectivity index (χ2v) is 8.25. The molecule has 1 saturated heterocycles. The van der Waals surface area contributed by atoms with E-state index in [4.69, 9.17) is 4.74 Å². The fourth-order valence-electron chi connectivity index (χ4n) is 3.11. The molecule has 0 unspecified atom stereocenters. The minimum atomic E-state index is 0.233. The van der Waals surface area contributed by atoms with Crippen LogP contribution in [0.4, 0.5) is 28.8 Å². The van der Waals surface area contributed by atoms with Crippen molar-refractivity contribution >= 4 is 46.4 Å². The van der Waals surface area contributed by atoms with Crippen molar-refractivity contribution in [3.8, 4) is 0 Å². The molecule has 3 aromatic rings. The summed E-state index contributed by atoms with van der Waals surface area (Å²) in [5.74, 6) is 1.24. The molecule has 0 saturated carbocycles. The van der Waals surface area contributed by atoms with Gasteiger partial charge in [0, 0.05) is 41.6 Å². The predicted octanol–water partition coefficient (Wildman–Crippen LogP) is 4.69. The number of aliphatic imine (C=N–C) groups is 1. The van der Waals surface area contributed by atoms with E-state index in [0.29, 0.717) is 17.5 Å². The Kier molecular flexibility index (Phi) is 6.56. The van der Waals surface area contributed by atoms with E-state index < -0.39 is 0 Å². The largest absolute Gasteiger partial charge is 0.378 e. The zero-order valence-electron chi connectivity index (χ0n) is 17.2. The van der Waals surface area contributed by atoms with Gasteiger partial charge in [-0.15, -0.1) is 11.3 Å². The van der Waals surface area contributed by atoms with E-state index in [0.717, 1.165) is 36.9 Å². The van der Waals surface area contributed by atoms with Crippen molar-refractivity contribution in [2.75, 3.05) is 41.8 Å². The molecule has 0 radical (unpaired) electrons. The zero-order valence-corrected chi connectivity index (χ0v) is 18.0. The molecule has 156 valence electrons. The molecule has 1 aliphatic heterocycles. The summed E-state index contributed by atoms with van der Waals surface area (Å²) in [5.41, 5.74) is 2.85. The van der Waals surface area contributed by atoms with E-state index in [1.54, 1.807) is 17.5 Å². The SMILES string of the molecule is CC(C)Nc1nc(Nc2ccc(N3CCOCC3)cc2)ncc1N=Cc1cccs1. The molecule has 3 heterocycles. The van der Waals surface area contributed by atoms with Gasteiger partial charge in [-0.05, 0) is 49.6 Å². The lowest BCUT2D eigenvalue weighted by Gasteiger charge is -2.28. The van der Waals surface area contributed by atoms with Gasteiger partial charge in [-0.1, -0.05) is 6.07 Å². The van der Waals surface area contributed by atoms with Gasteiger partial charge in [-0.3, -0.25) is 0 Å². The van der Waals surface area contributed by atoms with Crippen LogP contribution in [0, 0.1) is 0 Å². The lowest BCUT2D eigenvalue weighted by Crippen LogP contribution is -2.36. The molecule has 8 heteroatoms. The average molecular weight is 423 g/mol. The van der Waals surface area contributed by atoms with E-state index in [-0.39, 0.29) is 6.04 Å². The van der Waals surface area contributed by atoms with E-state index in [2.05, 4.69) is 56.5 Å². The van der Waals surface area contributed by atoms with E-state index >= 15 is 0 Å². The molecule has 0 amide bonds. The maximum Gasteiger partial charge on any atom is 0.229 e. The molecule has 30 heavy (non-hydrogen) atoms. The number of hydrogen-bond acceptors (Lipinski definition) is 8. The Bertz CT molecular complexity index is 966. The topological polar surface area (TPSA) is 74.7 Å². The lowest BCUT2D eigenvalue weighted by atomic mass is 10.2. The number of thiophene rings is 1. The summed E-state index contributed by atoms with van der Waals surface area (Å²) >= 11 is 1.64. The van der Waals surface area contributed by atoms with Crippen molar-refractivity contribution in [3.63, 3.8) is 0 Å². The molecule has 2 aromatic heterocycles. The molecule has 7 nitrogen and oxygen atoms in total. The fraction of sp³-hybridized carbons (Fsp3) is 0.318. The summed E-state index contributed by atoms with van der Waals surface area (Å²) in [6.07, 6.45) is 3.58. The molecule has 1 aromatic carbocycles. The van der Waals surface area contributed by atoms with Crippen LogP contribution in [0.2, 0.25) is 0 Å². The molecule has 1 aliphatic rings. The molecular formula is C22H26N6OS. The Morgan fingerprint density at radius 1 is 1.17 bits per heavy atom. The smallest absolute Gasteiger partial charge is 0.229 e. The van der Waals surface area contributed by atoms with Crippen molar-refractivity contribution in [1.82, 2.24) is 9.97 Å². The molecule has 0 aliphatic carbocycles. The summed E-state index contributed by atoms with van der Waals surface area (Å²) in [7, 11) is 0. The average Bonchev–Trinajstić information content (AvgIpc) is 3.28. The molecular weight excluding hydrogens is 396 g/mol. The molecule has 0 atom stereocenters. The van der Waals surface area contributed by atoms with Crippen molar-refractivity contribution in [2.45, 2.75) is 19.9 Å². The van der Waals surface area contributed by atoms with Crippen molar-refractivity contribution in [1.29, 1.82) is 0 Å². The van der Waals surface area contributed by atoms with Crippen LogP contribution in [-0.2, 0) is 4.74 Å². The minimum Gasteiger partial charge on any atom is -0.378 e. The molecule has 2 N–H and O–H groups in total. The van der Waals surface area contributed by atoms with Gasteiger partial charge in [-0.25, -0.2) is 9.98 Å². The van der Waals surface area contributed by atoms with Crippen LogP contribution in [-0.4, -0.2) is 48.5 Å². The summed E-state index contributed by atoms with van der Waals surface area (Å²) in [6, 6.07) is 12.6. The fourth-order valence-corrected chi connectivity index (χ4v) is 3.70. The Hall–Kier alpha value is -2.97. The molecule has 0 spiro atoms. The predicted molar refractivity (Wildman–Crippen MR) is 125 cm³/mol. The molecule has 1 fully saturated rings. The van der Waals surface area contributed by atoms with Crippen molar-refractivity contribution in [3.05, 3.63) is 52.9 Å². The highest BCUT2D eigenvalue weighted by molar-refractivity contribution is 7.11. The number of benzene rings is 1. The first-order valence-corrected chi connectivity index (χ1v) is 11.0. The number of ether oxygens (including phenoxy) is 1. The lowest BCUT2D eigenvalue weighted by molar-refractivity contribution is 0.122. The number of rotatable bonds is 7. The number of morpholine rings is 1. The van der Waals surface area contributed by atoms with Crippen LogP contribution >= 0.6 is 11.3 Å². The Morgan fingerprint density at radius 2 is 1.97 bits per heavy atom. The quantitative estimate of drug-likeness (QED) is 0.538. The van der Waals surface area contributed by atoms with Gasteiger partial charge in [0.2, 0.25) is 5.95 Å². The van der Waals surface area contributed by atoms with Gasteiger partial charge in [0.25, 0.3) is 0 Å². The number of hydrogen-bond donors (Lipinski definition) is 2. The van der Waals surface area contributed by atoms with Crippen LogP contribution in [0.15, 0.2) is 53.0 Å². The van der Waals surface area contributed by atoms with Gasteiger partial charge in [-0.2, -0.15) is 4.98 Å². The van der Waals surface area contributed by atoms with E-state index in [1.807, 2.05) is 35.9 Å². The third kappa shape index (κ3) is 5.34. The maximum absolute atomic E-state index is 5.42. The highest BCUT2D eigenvalue weighted by Crippen LogP contribution is 2.26. The third-order valence-corrected chi connectivity index (χ3v) is 5.38. The first kappa shape index (κ1) is 20.3. The Morgan fingerprint density at radius 3 is 2.67 bits per heavy atom. The first-order chi connectivity index (χ1) is 14.7. The molecule has 0 bridgehead atoms.